The third kappa shape index (κ3) is 5.85. The van der Waals surface area contributed by atoms with E-state index in [9.17, 15) is 9.59 Å². The van der Waals surface area contributed by atoms with Crippen LogP contribution in [0.3, 0.4) is 0 Å². The van der Waals surface area contributed by atoms with Crippen LogP contribution < -0.4 is 5.32 Å². The van der Waals surface area contributed by atoms with Crippen molar-refractivity contribution in [1.82, 2.24) is 5.32 Å². The number of hydrogen-bond donors (Lipinski definition) is 1. The second kappa shape index (κ2) is 9.21. The molecule has 3 rings (SSSR count). The zero-order chi connectivity index (χ0) is 22.6. The number of hydrogen-bond acceptors (Lipinski definition) is 4. The van der Waals surface area contributed by atoms with Gasteiger partial charge in [0.15, 0.2) is 5.78 Å². The molecule has 0 radical (unpaired) electrons. The van der Waals surface area contributed by atoms with Crippen LogP contribution in [0.2, 0.25) is 0 Å². The Labute approximate surface area is 183 Å². The molecule has 0 unspecified atom stereocenters. The van der Waals surface area contributed by atoms with Gasteiger partial charge in [-0.1, -0.05) is 43.3 Å². The molecule has 0 aliphatic heterocycles. The molecule has 1 heterocycles. The number of carbonyl (C=O) groups is 2. The fourth-order valence-electron chi connectivity index (χ4n) is 3.52. The molecule has 0 aliphatic carbocycles. The second-order valence-electron chi connectivity index (χ2n) is 8.75. The molecule has 2 atom stereocenters. The molecule has 1 aromatic heterocycles. The normalized spacial score (nSPS) is 14.2. The highest BCUT2D eigenvalue weighted by atomic mass is 16.6. The Morgan fingerprint density at radius 1 is 1.06 bits per heavy atom. The van der Waals surface area contributed by atoms with Crippen molar-refractivity contribution in [3.8, 4) is 0 Å². The zero-order valence-corrected chi connectivity index (χ0v) is 18.6. The van der Waals surface area contributed by atoms with Crippen LogP contribution in [0.4, 0.5) is 4.79 Å². The van der Waals surface area contributed by atoms with Gasteiger partial charge in [-0.3, -0.25) is 4.79 Å². The van der Waals surface area contributed by atoms with E-state index in [-0.39, 0.29) is 17.7 Å². The van der Waals surface area contributed by atoms with Crippen molar-refractivity contribution in [3.05, 3.63) is 83.6 Å². The lowest BCUT2D eigenvalue weighted by Crippen LogP contribution is -2.37. The van der Waals surface area contributed by atoms with Crippen molar-refractivity contribution in [2.75, 3.05) is 0 Å². The fourth-order valence-corrected chi connectivity index (χ4v) is 3.52. The topological polar surface area (TPSA) is 68.5 Å². The summed E-state index contributed by atoms with van der Waals surface area (Å²) in [5.74, 6) is -0.199. The Bertz CT molecular complexity index is 1090. The van der Waals surface area contributed by atoms with Gasteiger partial charge >= 0.3 is 6.09 Å². The van der Waals surface area contributed by atoms with Gasteiger partial charge in [-0.25, -0.2) is 4.79 Å². The van der Waals surface area contributed by atoms with Gasteiger partial charge in [-0.05, 0) is 69.0 Å². The van der Waals surface area contributed by atoms with Crippen LogP contribution >= 0.6 is 0 Å². The number of fused-ring (bicyclic) bond motifs is 1. The summed E-state index contributed by atoms with van der Waals surface area (Å²) in [4.78, 5) is 25.5. The highest BCUT2D eigenvalue weighted by molar-refractivity contribution is 6.09. The van der Waals surface area contributed by atoms with E-state index >= 15 is 0 Å². The molecule has 0 bridgehead atoms. The molecule has 0 saturated carbocycles. The maximum Gasteiger partial charge on any atom is 0.408 e. The number of ether oxygens (including phenoxy) is 1. The van der Waals surface area contributed by atoms with Gasteiger partial charge in [0.05, 0.1) is 12.3 Å². The zero-order valence-electron chi connectivity index (χ0n) is 18.6. The van der Waals surface area contributed by atoms with E-state index in [0.717, 1.165) is 16.5 Å². The molecule has 3 aromatic rings. The number of benzene rings is 2. The fraction of sp³-hybridized carbons (Fsp3) is 0.308. The Morgan fingerprint density at radius 3 is 2.45 bits per heavy atom. The molecule has 1 N–H and O–H groups in total. The van der Waals surface area contributed by atoms with E-state index in [2.05, 4.69) is 5.32 Å². The van der Waals surface area contributed by atoms with Gasteiger partial charge in [0.25, 0.3) is 0 Å². The first-order chi connectivity index (χ1) is 14.6. The average Bonchev–Trinajstić information content (AvgIpc) is 3.18. The van der Waals surface area contributed by atoms with Crippen molar-refractivity contribution in [2.24, 2.45) is 5.92 Å². The summed E-state index contributed by atoms with van der Waals surface area (Å²) < 4.78 is 10.8. The van der Waals surface area contributed by atoms with Crippen molar-refractivity contribution < 1.29 is 18.7 Å². The number of carbonyl (C=O) groups excluding carboxylic acids is 2. The first-order valence-electron chi connectivity index (χ1n) is 10.4. The Balaban J connectivity index is 1.83. The number of Topliss-reactive ketones (excluding diaryl/α,β-unsaturated/α-hetero) is 1. The summed E-state index contributed by atoms with van der Waals surface area (Å²) in [5, 5.41) is 3.85. The van der Waals surface area contributed by atoms with Crippen molar-refractivity contribution >= 4 is 22.8 Å². The van der Waals surface area contributed by atoms with Crippen molar-refractivity contribution in [1.29, 1.82) is 0 Å². The summed E-state index contributed by atoms with van der Waals surface area (Å²) in [7, 11) is 0. The monoisotopic (exact) mass is 419 g/mol. The van der Waals surface area contributed by atoms with Crippen LogP contribution in [0.1, 0.15) is 56.6 Å². The van der Waals surface area contributed by atoms with E-state index < -0.39 is 11.7 Å². The van der Waals surface area contributed by atoms with E-state index in [1.54, 1.807) is 25.3 Å². The van der Waals surface area contributed by atoms with Crippen molar-refractivity contribution in [2.45, 2.75) is 46.3 Å². The van der Waals surface area contributed by atoms with Crippen LogP contribution in [0.5, 0.6) is 0 Å². The second-order valence-corrected chi connectivity index (χ2v) is 8.75. The Kier molecular flexibility index (Phi) is 6.64. The largest absolute Gasteiger partial charge is 0.464 e. The SMILES string of the molecule is C/C(=C\[C@H](C)[C@H](NC(=O)OC(C)(C)C)c1ccccc1)C(=O)c1ccc2occc2c1. The van der Waals surface area contributed by atoms with Crippen LogP contribution in [-0.2, 0) is 4.74 Å². The molecule has 5 heteroatoms. The van der Waals surface area contributed by atoms with Gasteiger partial charge in [0, 0.05) is 10.9 Å². The number of ketones is 1. The number of amides is 1. The predicted molar refractivity (Wildman–Crippen MR) is 122 cm³/mol. The molecular weight excluding hydrogens is 390 g/mol. The molecule has 5 nitrogen and oxygen atoms in total. The summed E-state index contributed by atoms with van der Waals surface area (Å²) in [6, 6.07) is 16.6. The van der Waals surface area contributed by atoms with Gasteiger partial charge < -0.3 is 14.5 Å². The number of rotatable bonds is 6. The lowest BCUT2D eigenvalue weighted by Gasteiger charge is -2.27. The molecule has 0 spiro atoms. The summed E-state index contributed by atoms with van der Waals surface area (Å²) in [5.41, 5.74) is 2.31. The first kappa shape index (κ1) is 22.3. The molecule has 0 aliphatic rings. The summed E-state index contributed by atoms with van der Waals surface area (Å²) in [6.07, 6.45) is 3.02. The van der Waals surface area contributed by atoms with E-state index in [4.69, 9.17) is 9.15 Å². The molecule has 31 heavy (non-hydrogen) atoms. The van der Waals surface area contributed by atoms with E-state index in [0.29, 0.717) is 11.1 Å². The summed E-state index contributed by atoms with van der Waals surface area (Å²) >= 11 is 0. The number of alkyl carbamates (subject to hydrolysis) is 1. The number of nitrogens with one attached hydrogen (secondary N) is 1. The lowest BCUT2D eigenvalue weighted by molar-refractivity contribution is 0.0493. The molecule has 0 fully saturated rings. The maximum absolute atomic E-state index is 13.0. The quantitative estimate of drug-likeness (QED) is 0.367. The highest BCUT2D eigenvalue weighted by Crippen LogP contribution is 2.26. The molecular formula is C26H29NO4. The van der Waals surface area contributed by atoms with Gasteiger partial charge in [0.2, 0.25) is 0 Å². The minimum absolute atomic E-state index is 0.0565. The average molecular weight is 420 g/mol. The number of allylic oxidation sites excluding steroid dienone is 1. The smallest absolute Gasteiger partial charge is 0.408 e. The predicted octanol–water partition coefficient (Wildman–Crippen LogP) is 6.46. The van der Waals surface area contributed by atoms with Crippen molar-refractivity contribution in [3.63, 3.8) is 0 Å². The highest BCUT2D eigenvalue weighted by Gasteiger charge is 2.24. The lowest BCUT2D eigenvalue weighted by atomic mass is 9.91. The third-order valence-electron chi connectivity index (χ3n) is 4.94. The maximum atomic E-state index is 13.0. The minimum Gasteiger partial charge on any atom is -0.464 e. The van der Waals surface area contributed by atoms with Crippen LogP contribution in [0, 0.1) is 5.92 Å². The Morgan fingerprint density at radius 2 is 1.77 bits per heavy atom. The van der Waals surface area contributed by atoms with Gasteiger partial charge in [-0.2, -0.15) is 0 Å². The van der Waals surface area contributed by atoms with Gasteiger partial charge in [-0.15, -0.1) is 0 Å². The number of furan rings is 1. The van der Waals surface area contributed by atoms with Gasteiger partial charge in [0.1, 0.15) is 11.2 Å². The minimum atomic E-state index is -0.595. The van der Waals surface area contributed by atoms with E-state index in [1.165, 1.54) is 0 Å². The molecule has 0 saturated heterocycles. The van der Waals surface area contributed by atoms with Crippen LogP contribution in [0.15, 0.2) is 76.9 Å². The summed E-state index contributed by atoms with van der Waals surface area (Å²) in [6.45, 7) is 9.26. The standard InChI is InChI=1S/C26H29NO4/c1-17(15-18(2)24(28)21-11-12-22-20(16-21)13-14-30-22)23(19-9-7-6-8-10-19)27-25(29)31-26(3,4)5/h6-17,23H,1-5H3,(H,27,29)/b18-15+/t17-,23-/m0/s1. The molecule has 162 valence electrons. The van der Waals surface area contributed by atoms with Crippen LogP contribution in [-0.4, -0.2) is 17.5 Å². The third-order valence-corrected chi connectivity index (χ3v) is 4.94. The van der Waals surface area contributed by atoms with Crippen LogP contribution in [0.25, 0.3) is 11.0 Å². The van der Waals surface area contributed by atoms with E-state index in [1.807, 2.05) is 76.2 Å². The first-order valence-corrected chi connectivity index (χ1v) is 10.4. The molecule has 2 aromatic carbocycles. The molecule has 1 amide bonds. The Hall–Kier alpha value is -3.34.